The summed E-state index contributed by atoms with van der Waals surface area (Å²) < 4.78 is 5.14. The smallest absolute Gasteiger partial charge is 0.308 e. The predicted octanol–water partition coefficient (Wildman–Crippen LogP) is 2.00. The van der Waals surface area contributed by atoms with Gasteiger partial charge < -0.3 is 10.1 Å². The van der Waals surface area contributed by atoms with Gasteiger partial charge in [-0.1, -0.05) is 13.8 Å². The second-order valence-corrected chi connectivity index (χ2v) is 4.32. The van der Waals surface area contributed by atoms with E-state index in [2.05, 4.69) is 5.32 Å². The molecule has 4 heteroatoms. The zero-order valence-corrected chi connectivity index (χ0v) is 10.4. The van der Waals surface area contributed by atoms with Crippen molar-refractivity contribution in [3.8, 4) is 0 Å². The maximum atomic E-state index is 11.1. The molecule has 90 valence electrons. The van der Waals surface area contributed by atoms with Gasteiger partial charge in [0.25, 0.3) is 0 Å². The van der Waals surface area contributed by atoms with Crippen molar-refractivity contribution in [3.05, 3.63) is 0 Å². The zero-order valence-electron chi connectivity index (χ0n) is 9.62. The molecule has 1 fully saturated rings. The van der Waals surface area contributed by atoms with Crippen LogP contribution in [0.4, 0.5) is 0 Å². The number of esters is 1. The summed E-state index contributed by atoms with van der Waals surface area (Å²) in [7, 11) is 0. The molecule has 1 heterocycles. The summed E-state index contributed by atoms with van der Waals surface area (Å²) in [6.07, 6.45) is 3.53. The normalized spacial score (nSPS) is 20.9. The summed E-state index contributed by atoms with van der Waals surface area (Å²) in [6.45, 7) is 6.54. The van der Waals surface area contributed by atoms with E-state index in [-0.39, 0.29) is 24.3 Å². The Hall–Kier alpha value is -0.280. The molecule has 1 unspecified atom stereocenters. The number of ether oxygens (including phenoxy) is 1. The van der Waals surface area contributed by atoms with Gasteiger partial charge in [0, 0.05) is 0 Å². The minimum Gasteiger partial charge on any atom is -0.465 e. The SMILES string of the molecule is CC(C)C(=O)OCCC1CCCNC1.Cl. The quantitative estimate of drug-likeness (QED) is 0.758. The van der Waals surface area contributed by atoms with E-state index in [0.29, 0.717) is 12.5 Å². The Morgan fingerprint density at radius 3 is 2.80 bits per heavy atom. The van der Waals surface area contributed by atoms with Crippen LogP contribution in [0.15, 0.2) is 0 Å². The summed E-state index contributed by atoms with van der Waals surface area (Å²) in [6, 6.07) is 0. The van der Waals surface area contributed by atoms with Crippen molar-refractivity contribution in [1.82, 2.24) is 5.32 Å². The molecule has 1 saturated heterocycles. The minimum absolute atomic E-state index is 0. The average Bonchev–Trinajstić information content (AvgIpc) is 2.19. The maximum absolute atomic E-state index is 11.1. The predicted molar refractivity (Wildman–Crippen MR) is 63.3 cm³/mol. The second kappa shape index (κ2) is 7.94. The van der Waals surface area contributed by atoms with E-state index < -0.39 is 0 Å². The van der Waals surface area contributed by atoms with Crippen LogP contribution in [0.5, 0.6) is 0 Å². The van der Waals surface area contributed by atoms with Gasteiger partial charge >= 0.3 is 5.97 Å². The Labute approximate surface area is 98.4 Å². The third-order valence-corrected chi connectivity index (χ3v) is 2.64. The molecule has 1 aliphatic rings. The lowest BCUT2D eigenvalue weighted by molar-refractivity contribution is -0.147. The standard InChI is InChI=1S/C11H21NO2.ClH/c1-9(2)11(13)14-7-5-10-4-3-6-12-8-10;/h9-10,12H,3-8H2,1-2H3;1H. The molecule has 0 radical (unpaired) electrons. The molecule has 0 amide bonds. The number of hydrogen-bond acceptors (Lipinski definition) is 3. The van der Waals surface area contributed by atoms with Crippen LogP contribution in [0.2, 0.25) is 0 Å². The van der Waals surface area contributed by atoms with Gasteiger partial charge in [-0.25, -0.2) is 0 Å². The Morgan fingerprint density at radius 1 is 1.53 bits per heavy atom. The first-order valence-electron chi connectivity index (χ1n) is 5.57. The molecule has 1 atom stereocenters. The van der Waals surface area contributed by atoms with Crippen LogP contribution in [0.1, 0.15) is 33.1 Å². The van der Waals surface area contributed by atoms with Gasteiger partial charge in [0.15, 0.2) is 0 Å². The third-order valence-electron chi connectivity index (χ3n) is 2.64. The van der Waals surface area contributed by atoms with Crippen molar-refractivity contribution in [1.29, 1.82) is 0 Å². The van der Waals surface area contributed by atoms with Crippen LogP contribution >= 0.6 is 12.4 Å². The first kappa shape index (κ1) is 14.7. The number of carbonyl (C=O) groups is 1. The maximum Gasteiger partial charge on any atom is 0.308 e. The van der Waals surface area contributed by atoms with Crippen LogP contribution in [-0.2, 0) is 9.53 Å². The Balaban J connectivity index is 0.00000196. The number of hydrogen-bond donors (Lipinski definition) is 1. The molecule has 0 bridgehead atoms. The van der Waals surface area contributed by atoms with Gasteiger partial charge in [-0.05, 0) is 38.3 Å². The van der Waals surface area contributed by atoms with Gasteiger partial charge in [-0.2, -0.15) is 0 Å². The van der Waals surface area contributed by atoms with Gasteiger partial charge in [0.2, 0.25) is 0 Å². The van der Waals surface area contributed by atoms with E-state index in [1.54, 1.807) is 0 Å². The molecule has 1 N–H and O–H groups in total. The highest BCUT2D eigenvalue weighted by Gasteiger charge is 2.14. The molecular formula is C11H22ClNO2. The molecule has 1 rings (SSSR count). The van der Waals surface area contributed by atoms with Crippen molar-refractivity contribution in [2.45, 2.75) is 33.1 Å². The van der Waals surface area contributed by atoms with E-state index in [9.17, 15) is 4.79 Å². The molecule has 0 aromatic carbocycles. The molecule has 0 aliphatic carbocycles. The molecule has 3 nitrogen and oxygen atoms in total. The first-order valence-corrected chi connectivity index (χ1v) is 5.57. The summed E-state index contributed by atoms with van der Waals surface area (Å²) in [5.74, 6) is 0.622. The lowest BCUT2D eigenvalue weighted by Gasteiger charge is -2.22. The molecule has 0 spiro atoms. The number of piperidine rings is 1. The fraction of sp³-hybridized carbons (Fsp3) is 0.909. The van der Waals surface area contributed by atoms with E-state index in [1.165, 1.54) is 12.8 Å². The Morgan fingerprint density at radius 2 is 2.27 bits per heavy atom. The molecule has 0 aromatic heterocycles. The Kier molecular flexibility index (Phi) is 7.79. The van der Waals surface area contributed by atoms with Crippen LogP contribution < -0.4 is 5.32 Å². The van der Waals surface area contributed by atoms with Crippen molar-refractivity contribution >= 4 is 18.4 Å². The van der Waals surface area contributed by atoms with Crippen LogP contribution in [0.25, 0.3) is 0 Å². The van der Waals surface area contributed by atoms with E-state index >= 15 is 0 Å². The van der Waals surface area contributed by atoms with E-state index in [0.717, 1.165) is 19.5 Å². The van der Waals surface area contributed by atoms with Gasteiger partial charge in [0.1, 0.15) is 0 Å². The topological polar surface area (TPSA) is 38.3 Å². The van der Waals surface area contributed by atoms with Gasteiger partial charge in [-0.15, -0.1) is 12.4 Å². The molecule has 1 aliphatic heterocycles. The number of halogens is 1. The number of carbonyl (C=O) groups excluding carboxylic acids is 1. The lowest BCUT2D eigenvalue weighted by Crippen LogP contribution is -2.30. The van der Waals surface area contributed by atoms with Crippen molar-refractivity contribution in [2.75, 3.05) is 19.7 Å². The number of rotatable bonds is 4. The average molecular weight is 236 g/mol. The molecule has 0 saturated carbocycles. The van der Waals surface area contributed by atoms with Crippen LogP contribution in [0.3, 0.4) is 0 Å². The van der Waals surface area contributed by atoms with Gasteiger partial charge in [0.05, 0.1) is 12.5 Å². The largest absolute Gasteiger partial charge is 0.465 e. The summed E-state index contributed by atoms with van der Waals surface area (Å²) in [4.78, 5) is 11.1. The summed E-state index contributed by atoms with van der Waals surface area (Å²) in [5, 5.41) is 3.36. The van der Waals surface area contributed by atoms with Crippen LogP contribution in [0, 0.1) is 11.8 Å². The molecule has 15 heavy (non-hydrogen) atoms. The fourth-order valence-corrected chi connectivity index (χ4v) is 1.66. The third kappa shape index (κ3) is 6.00. The highest BCUT2D eigenvalue weighted by Crippen LogP contribution is 2.13. The summed E-state index contributed by atoms with van der Waals surface area (Å²) in [5.41, 5.74) is 0. The van der Waals surface area contributed by atoms with Crippen molar-refractivity contribution < 1.29 is 9.53 Å². The highest BCUT2D eigenvalue weighted by atomic mass is 35.5. The minimum atomic E-state index is -0.0752. The molecular weight excluding hydrogens is 214 g/mol. The van der Waals surface area contributed by atoms with E-state index in [1.807, 2.05) is 13.8 Å². The second-order valence-electron chi connectivity index (χ2n) is 4.32. The molecule has 0 aromatic rings. The fourth-order valence-electron chi connectivity index (χ4n) is 1.66. The monoisotopic (exact) mass is 235 g/mol. The Bertz CT molecular complexity index is 179. The highest BCUT2D eigenvalue weighted by molar-refractivity contribution is 5.85. The van der Waals surface area contributed by atoms with Crippen molar-refractivity contribution in [3.63, 3.8) is 0 Å². The van der Waals surface area contributed by atoms with Crippen LogP contribution in [-0.4, -0.2) is 25.7 Å². The zero-order chi connectivity index (χ0) is 10.4. The lowest BCUT2D eigenvalue weighted by atomic mass is 9.97. The van der Waals surface area contributed by atoms with E-state index in [4.69, 9.17) is 4.74 Å². The van der Waals surface area contributed by atoms with Crippen molar-refractivity contribution in [2.24, 2.45) is 11.8 Å². The number of nitrogens with one attached hydrogen (secondary N) is 1. The summed E-state index contributed by atoms with van der Waals surface area (Å²) >= 11 is 0. The van der Waals surface area contributed by atoms with Gasteiger partial charge in [-0.3, -0.25) is 4.79 Å². The first-order chi connectivity index (χ1) is 6.70.